The van der Waals surface area contributed by atoms with Gasteiger partial charge in [0, 0.05) is 17.7 Å². The van der Waals surface area contributed by atoms with Gasteiger partial charge in [-0.25, -0.2) is 0 Å². The van der Waals surface area contributed by atoms with Crippen LogP contribution in [-0.4, -0.2) is 37.2 Å². The normalized spacial score (nSPS) is 11.9. The number of hydrogen-bond donors (Lipinski definition) is 2. The zero-order chi connectivity index (χ0) is 15.1. The Labute approximate surface area is 117 Å². The largest absolute Gasteiger partial charge is 0.497 e. The molecule has 0 aliphatic rings. The lowest BCUT2D eigenvalue weighted by Gasteiger charge is -2.08. The van der Waals surface area contributed by atoms with Crippen molar-refractivity contribution in [2.24, 2.45) is 0 Å². The van der Waals surface area contributed by atoms with E-state index in [2.05, 4.69) is 5.32 Å². The summed E-state index contributed by atoms with van der Waals surface area (Å²) in [5.74, 6) is -0.380. The highest BCUT2D eigenvalue weighted by atomic mass is 16.5. The van der Waals surface area contributed by atoms with Crippen molar-refractivity contribution in [3.05, 3.63) is 29.8 Å². The Hall–Kier alpha value is -2.50. The van der Waals surface area contributed by atoms with E-state index in [4.69, 9.17) is 14.6 Å². The molecule has 108 valence electrons. The number of amides is 1. The monoisotopic (exact) mass is 279 g/mol. The average molecular weight is 279 g/mol. The van der Waals surface area contributed by atoms with E-state index in [9.17, 15) is 9.59 Å². The molecule has 0 fully saturated rings. The van der Waals surface area contributed by atoms with Gasteiger partial charge in [0.2, 0.25) is 5.91 Å². The van der Waals surface area contributed by atoms with Crippen molar-refractivity contribution in [3.63, 3.8) is 0 Å². The van der Waals surface area contributed by atoms with Crippen molar-refractivity contribution in [2.45, 2.75) is 13.0 Å². The van der Waals surface area contributed by atoms with Gasteiger partial charge in [-0.1, -0.05) is 0 Å². The van der Waals surface area contributed by atoms with Crippen molar-refractivity contribution in [1.82, 2.24) is 5.32 Å². The molecule has 2 N–H and O–H groups in total. The zero-order valence-electron chi connectivity index (χ0n) is 11.5. The number of carboxylic acids is 1. The minimum atomic E-state index is -1.09. The molecule has 6 heteroatoms. The van der Waals surface area contributed by atoms with E-state index in [0.29, 0.717) is 17.1 Å². The fraction of sp³-hybridized carbons (Fsp3) is 0.286. The van der Waals surface area contributed by atoms with Crippen molar-refractivity contribution < 1.29 is 24.2 Å². The van der Waals surface area contributed by atoms with Crippen LogP contribution in [0.2, 0.25) is 0 Å². The second-order valence-electron chi connectivity index (χ2n) is 4.01. The molecule has 0 spiro atoms. The van der Waals surface area contributed by atoms with Crippen molar-refractivity contribution in [3.8, 4) is 11.5 Å². The van der Waals surface area contributed by atoms with Crippen molar-refractivity contribution in [2.75, 3.05) is 14.2 Å². The van der Waals surface area contributed by atoms with Crippen LogP contribution in [0.4, 0.5) is 0 Å². The highest BCUT2D eigenvalue weighted by molar-refractivity contribution is 5.94. The Kier molecular flexibility index (Phi) is 5.58. The predicted molar refractivity (Wildman–Crippen MR) is 73.8 cm³/mol. The standard InChI is InChI=1S/C14H17NO5/c1-9(14(17)18)15-13(16)7-5-10-4-6-11(19-2)8-12(10)20-3/h4-9H,1-3H3,(H,15,16)(H,17,18)/b7-5+/t9-/m1/s1. The highest BCUT2D eigenvalue weighted by Crippen LogP contribution is 2.25. The minimum Gasteiger partial charge on any atom is -0.497 e. The molecular formula is C14H17NO5. The smallest absolute Gasteiger partial charge is 0.325 e. The van der Waals surface area contributed by atoms with E-state index in [1.54, 1.807) is 31.4 Å². The summed E-state index contributed by atoms with van der Waals surface area (Å²) in [4.78, 5) is 22.1. The number of ether oxygens (including phenoxy) is 2. The van der Waals surface area contributed by atoms with Crippen LogP contribution in [0.15, 0.2) is 24.3 Å². The third-order valence-corrected chi connectivity index (χ3v) is 2.58. The maximum absolute atomic E-state index is 11.5. The Balaban J connectivity index is 2.79. The summed E-state index contributed by atoms with van der Waals surface area (Å²) in [5, 5.41) is 11.0. The van der Waals surface area contributed by atoms with Gasteiger partial charge in [-0.3, -0.25) is 9.59 Å². The lowest BCUT2D eigenvalue weighted by molar-refractivity contribution is -0.140. The van der Waals surface area contributed by atoms with Crippen molar-refractivity contribution in [1.29, 1.82) is 0 Å². The molecular weight excluding hydrogens is 262 g/mol. The van der Waals surface area contributed by atoms with Gasteiger partial charge in [0.25, 0.3) is 0 Å². The average Bonchev–Trinajstić information content (AvgIpc) is 2.44. The van der Waals surface area contributed by atoms with Crippen LogP contribution < -0.4 is 14.8 Å². The fourth-order valence-electron chi connectivity index (χ4n) is 1.44. The highest BCUT2D eigenvalue weighted by Gasteiger charge is 2.11. The summed E-state index contributed by atoms with van der Waals surface area (Å²) in [6.07, 6.45) is 2.80. The Bertz CT molecular complexity index is 524. The molecule has 1 aromatic rings. The first-order chi connectivity index (χ1) is 9.47. The van der Waals surface area contributed by atoms with Gasteiger partial charge in [-0.2, -0.15) is 0 Å². The first kappa shape index (κ1) is 15.6. The number of rotatable bonds is 6. The molecule has 0 heterocycles. The summed E-state index contributed by atoms with van der Waals surface area (Å²) in [6.45, 7) is 1.39. The van der Waals surface area contributed by atoms with Crippen LogP contribution in [0.5, 0.6) is 11.5 Å². The Morgan fingerprint density at radius 3 is 2.55 bits per heavy atom. The predicted octanol–water partition coefficient (Wildman–Crippen LogP) is 1.31. The van der Waals surface area contributed by atoms with Gasteiger partial charge < -0.3 is 19.9 Å². The number of nitrogens with one attached hydrogen (secondary N) is 1. The number of carbonyl (C=O) groups excluding carboxylic acids is 1. The lowest BCUT2D eigenvalue weighted by Crippen LogP contribution is -2.37. The second-order valence-corrected chi connectivity index (χ2v) is 4.01. The third kappa shape index (κ3) is 4.31. The first-order valence-electron chi connectivity index (χ1n) is 5.91. The zero-order valence-corrected chi connectivity index (χ0v) is 11.5. The van der Waals surface area contributed by atoms with E-state index in [1.807, 2.05) is 0 Å². The third-order valence-electron chi connectivity index (χ3n) is 2.58. The molecule has 1 rings (SSSR count). The lowest BCUT2D eigenvalue weighted by atomic mass is 10.1. The van der Waals surface area contributed by atoms with Crippen LogP contribution >= 0.6 is 0 Å². The van der Waals surface area contributed by atoms with Crippen molar-refractivity contribution >= 4 is 18.0 Å². The first-order valence-corrected chi connectivity index (χ1v) is 5.91. The number of benzene rings is 1. The molecule has 0 bridgehead atoms. The van der Waals surface area contributed by atoms with Crippen LogP contribution in [0.25, 0.3) is 6.08 Å². The van der Waals surface area contributed by atoms with E-state index in [-0.39, 0.29) is 0 Å². The van der Waals surface area contributed by atoms with Gasteiger partial charge in [0.05, 0.1) is 14.2 Å². The number of aliphatic carboxylic acids is 1. The van der Waals surface area contributed by atoms with Crippen LogP contribution in [0, 0.1) is 0 Å². The molecule has 0 aromatic heterocycles. The Morgan fingerprint density at radius 1 is 1.30 bits per heavy atom. The number of carboxylic acid groups (broad SMARTS) is 1. The molecule has 20 heavy (non-hydrogen) atoms. The van der Waals surface area contributed by atoms with Crippen LogP contribution in [0.3, 0.4) is 0 Å². The maximum Gasteiger partial charge on any atom is 0.325 e. The van der Waals surface area contributed by atoms with Gasteiger partial charge in [0.1, 0.15) is 17.5 Å². The van der Waals surface area contributed by atoms with Crippen LogP contribution in [0.1, 0.15) is 12.5 Å². The van der Waals surface area contributed by atoms with E-state index >= 15 is 0 Å². The molecule has 0 aliphatic carbocycles. The summed E-state index contributed by atoms with van der Waals surface area (Å²) >= 11 is 0. The summed E-state index contributed by atoms with van der Waals surface area (Å²) < 4.78 is 10.2. The Morgan fingerprint density at radius 2 is 2.00 bits per heavy atom. The summed E-state index contributed by atoms with van der Waals surface area (Å²) in [6, 6.07) is 4.23. The van der Waals surface area contributed by atoms with E-state index in [1.165, 1.54) is 20.1 Å². The number of methoxy groups -OCH3 is 2. The maximum atomic E-state index is 11.5. The quantitative estimate of drug-likeness (QED) is 0.767. The molecule has 1 atom stereocenters. The molecule has 6 nitrogen and oxygen atoms in total. The van der Waals surface area contributed by atoms with Gasteiger partial charge in [-0.05, 0) is 25.1 Å². The summed E-state index contributed by atoms with van der Waals surface area (Å²) in [5.41, 5.74) is 0.687. The van der Waals surface area contributed by atoms with E-state index < -0.39 is 17.9 Å². The second kappa shape index (κ2) is 7.18. The minimum absolute atomic E-state index is 0.488. The molecule has 1 amide bonds. The number of hydrogen-bond acceptors (Lipinski definition) is 4. The molecule has 0 saturated heterocycles. The molecule has 1 aromatic carbocycles. The number of carbonyl (C=O) groups is 2. The molecule has 0 saturated carbocycles. The molecule has 0 aliphatic heterocycles. The fourth-order valence-corrected chi connectivity index (χ4v) is 1.44. The van der Waals surface area contributed by atoms with Gasteiger partial charge in [0.15, 0.2) is 0 Å². The van der Waals surface area contributed by atoms with Gasteiger partial charge >= 0.3 is 5.97 Å². The topological polar surface area (TPSA) is 84.9 Å². The van der Waals surface area contributed by atoms with E-state index in [0.717, 1.165) is 0 Å². The molecule has 0 radical (unpaired) electrons. The summed E-state index contributed by atoms with van der Waals surface area (Å²) in [7, 11) is 3.06. The SMILES string of the molecule is COc1ccc(/C=C/C(=O)N[C@H](C)C(=O)O)c(OC)c1. The van der Waals surface area contributed by atoms with Crippen LogP contribution in [-0.2, 0) is 9.59 Å². The van der Waals surface area contributed by atoms with Gasteiger partial charge in [-0.15, -0.1) is 0 Å². The molecule has 0 unspecified atom stereocenters.